The van der Waals surface area contributed by atoms with E-state index in [0.717, 1.165) is 12.3 Å². The molecule has 9 heteroatoms. The highest BCUT2D eigenvalue weighted by Gasteiger charge is 2.32. The molecule has 24 heavy (non-hydrogen) atoms. The number of anilines is 1. The van der Waals surface area contributed by atoms with Crippen LogP contribution in [0.3, 0.4) is 0 Å². The van der Waals surface area contributed by atoms with Crippen molar-refractivity contribution in [3.63, 3.8) is 0 Å². The molecule has 1 N–H and O–H groups in total. The Labute approximate surface area is 136 Å². The first kappa shape index (κ1) is 17.6. The zero-order valence-electron chi connectivity index (χ0n) is 13.3. The van der Waals surface area contributed by atoms with Crippen LogP contribution in [0.5, 0.6) is 17.2 Å². The summed E-state index contributed by atoms with van der Waals surface area (Å²) in [5.41, 5.74) is -0.310. The average Bonchev–Trinajstić information content (AvgIpc) is 2.58. The van der Waals surface area contributed by atoms with Crippen LogP contribution < -0.4 is 19.5 Å². The minimum atomic E-state index is -4.52. The predicted octanol–water partition coefficient (Wildman–Crippen LogP) is 3.13. The first-order valence-electron chi connectivity index (χ1n) is 6.82. The van der Waals surface area contributed by atoms with Gasteiger partial charge in [-0.2, -0.15) is 13.2 Å². The number of aromatic nitrogens is 2. The van der Waals surface area contributed by atoms with Gasteiger partial charge in [-0.3, -0.25) is 0 Å². The molecule has 0 saturated heterocycles. The second-order valence-electron chi connectivity index (χ2n) is 4.65. The number of nitrogens with one attached hydrogen (secondary N) is 1. The van der Waals surface area contributed by atoms with Crippen molar-refractivity contribution in [3.05, 3.63) is 35.7 Å². The van der Waals surface area contributed by atoms with Crippen LogP contribution in [0.15, 0.2) is 24.4 Å². The summed E-state index contributed by atoms with van der Waals surface area (Å²) in [5.74, 6) is 1.19. The lowest BCUT2D eigenvalue weighted by molar-refractivity contribution is -0.141. The quantitative estimate of drug-likeness (QED) is 0.869. The van der Waals surface area contributed by atoms with Gasteiger partial charge in [0.2, 0.25) is 11.7 Å². The van der Waals surface area contributed by atoms with Gasteiger partial charge < -0.3 is 19.5 Å². The molecule has 1 aromatic heterocycles. The first-order chi connectivity index (χ1) is 11.4. The number of methoxy groups -OCH3 is 3. The standard InChI is InChI=1S/C15H16F3N3O3/c1-22-10-6-9(7-11(23-2)13(10)24-3)8-20-14-19-5-4-12(21-14)15(16,17)18/h4-7H,8H2,1-3H3,(H,19,20,21). The Morgan fingerprint density at radius 1 is 1.04 bits per heavy atom. The molecule has 0 aliphatic carbocycles. The van der Waals surface area contributed by atoms with Gasteiger partial charge in [-0.15, -0.1) is 0 Å². The van der Waals surface area contributed by atoms with Crippen molar-refractivity contribution in [2.75, 3.05) is 26.6 Å². The van der Waals surface area contributed by atoms with Gasteiger partial charge in [0, 0.05) is 12.7 Å². The molecule has 0 unspecified atom stereocenters. The third kappa shape index (κ3) is 3.98. The normalized spacial score (nSPS) is 11.1. The molecule has 6 nitrogen and oxygen atoms in total. The molecule has 2 rings (SSSR count). The van der Waals surface area contributed by atoms with E-state index in [1.807, 2.05) is 0 Å². The molecule has 0 atom stereocenters. The van der Waals surface area contributed by atoms with E-state index in [0.29, 0.717) is 22.8 Å². The Kier molecular flexibility index (Phi) is 5.32. The molecule has 130 valence electrons. The predicted molar refractivity (Wildman–Crippen MR) is 80.5 cm³/mol. The van der Waals surface area contributed by atoms with Gasteiger partial charge in [0.1, 0.15) is 5.69 Å². The van der Waals surface area contributed by atoms with E-state index in [2.05, 4.69) is 15.3 Å². The van der Waals surface area contributed by atoms with E-state index >= 15 is 0 Å². The van der Waals surface area contributed by atoms with Gasteiger partial charge >= 0.3 is 6.18 Å². The minimum absolute atomic E-state index is 0.126. The monoisotopic (exact) mass is 343 g/mol. The Balaban J connectivity index is 2.20. The van der Waals surface area contributed by atoms with E-state index in [9.17, 15) is 13.2 Å². The van der Waals surface area contributed by atoms with Gasteiger partial charge in [0.25, 0.3) is 0 Å². The summed E-state index contributed by atoms with van der Waals surface area (Å²) < 4.78 is 53.6. The van der Waals surface area contributed by atoms with Crippen LogP contribution in [-0.2, 0) is 12.7 Å². The Hall–Kier alpha value is -2.71. The number of ether oxygens (including phenoxy) is 3. The second kappa shape index (κ2) is 7.24. The fourth-order valence-corrected chi connectivity index (χ4v) is 2.02. The molecule has 1 heterocycles. The maximum absolute atomic E-state index is 12.6. The number of rotatable bonds is 6. The summed E-state index contributed by atoms with van der Waals surface area (Å²) >= 11 is 0. The number of hydrogen-bond donors (Lipinski definition) is 1. The molecule has 0 amide bonds. The van der Waals surface area contributed by atoms with Crippen molar-refractivity contribution < 1.29 is 27.4 Å². The average molecular weight is 343 g/mol. The maximum atomic E-state index is 12.6. The number of nitrogens with zero attached hydrogens (tertiary/aromatic N) is 2. The summed E-state index contributed by atoms with van der Waals surface area (Å²) in [6, 6.07) is 4.18. The summed E-state index contributed by atoms with van der Waals surface area (Å²) in [6.45, 7) is 0.179. The molecule has 2 aromatic rings. The zero-order valence-corrected chi connectivity index (χ0v) is 13.3. The van der Waals surface area contributed by atoms with E-state index in [1.54, 1.807) is 12.1 Å². The molecule has 0 aliphatic heterocycles. The van der Waals surface area contributed by atoms with Crippen LogP contribution in [-0.4, -0.2) is 31.3 Å². The van der Waals surface area contributed by atoms with E-state index in [1.165, 1.54) is 21.3 Å². The molecule has 0 saturated carbocycles. The molecule has 0 radical (unpaired) electrons. The largest absolute Gasteiger partial charge is 0.493 e. The number of hydrogen-bond acceptors (Lipinski definition) is 6. The molecule has 0 spiro atoms. The van der Waals surface area contributed by atoms with E-state index in [-0.39, 0.29) is 12.5 Å². The number of halogens is 3. The van der Waals surface area contributed by atoms with Gasteiger partial charge in [-0.25, -0.2) is 9.97 Å². The van der Waals surface area contributed by atoms with Gasteiger partial charge in [0.15, 0.2) is 11.5 Å². The lowest BCUT2D eigenvalue weighted by atomic mass is 10.2. The topological polar surface area (TPSA) is 65.5 Å². The van der Waals surface area contributed by atoms with Crippen LogP contribution in [0.25, 0.3) is 0 Å². The molecule has 1 aromatic carbocycles. The Bertz CT molecular complexity index is 683. The SMILES string of the molecule is COc1cc(CNc2nccc(C(F)(F)F)n2)cc(OC)c1OC. The summed E-state index contributed by atoms with van der Waals surface area (Å²) in [4.78, 5) is 7.22. The highest BCUT2D eigenvalue weighted by molar-refractivity contribution is 5.54. The van der Waals surface area contributed by atoms with E-state index in [4.69, 9.17) is 14.2 Å². The third-order valence-corrected chi connectivity index (χ3v) is 3.12. The third-order valence-electron chi connectivity index (χ3n) is 3.12. The maximum Gasteiger partial charge on any atom is 0.433 e. The summed E-state index contributed by atoms with van der Waals surface area (Å²) in [6.07, 6.45) is -3.47. The fraction of sp³-hybridized carbons (Fsp3) is 0.333. The van der Waals surface area contributed by atoms with Crippen molar-refractivity contribution in [2.24, 2.45) is 0 Å². The molecule has 0 aliphatic rings. The molecule has 0 fully saturated rings. The van der Waals surface area contributed by atoms with E-state index < -0.39 is 11.9 Å². The Morgan fingerprint density at radius 3 is 2.17 bits per heavy atom. The van der Waals surface area contributed by atoms with Crippen molar-refractivity contribution in [1.82, 2.24) is 9.97 Å². The summed E-state index contributed by atoms with van der Waals surface area (Å²) in [5, 5.41) is 2.74. The lowest BCUT2D eigenvalue weighted by Gasteiger charge is -2.14. The van der Waals surface area contributed by atoms with Crippen molar-refractivity contribution in [1.29, 1.82) is 0 Å². The van der Waals surface area contributed by atoms with Crippen LogP contribution in [0.2, 0.25) is 0 Å². The molecular formula is C15H16F3N3O3. The van der Waals surface area contributed by atoms with Crippen molar-refractivity contribution in [3.8, 4) is 17.2 Å². The van der Waals surface area contributed by atoms with Crippen molar-refractivity contribution >= 4 is 5.95 Å². The van der Waals surface area contributed by atoms with Crippen LogP contribution in [0, 0.1) is 0 Å². The van der Waals surface area contributed by atoms with Gasteiger partial charge in [-0.05, 0) is 23.8 Å². The van der Waals surface area contributed by atoms with Gasteiger partial charge in [0.05, 0.1) is 21.3 Å². The fourth-order valence-electron chi connectivity index (χ4n) is 2.02. The van der Waals surface area contributed by atoms with Gasteiger partial charge in [-0.1, -0.05) is 0 Å². The number of alkyl halides is 3. The van der Waals surface area contributed by atoms with Crippen molar-refractivity contribution in [2.45, 2.75) is 12.7 Å². The Morgan fingerprint density at radius 2 is 1.67 bits per heavy atom. The molecular weight excluding hydrogens is 327 g/mol. The lowest BCUT2D eigenvalue weighted by Crippen LogP contribution is -2.11. The highest BCUT2D eigenvalue weighted by Crippen LogP contribution is 2.38. The first-order valence-corrected chi connectivity index (χ1v) is 6.82. The minimum Gasteiger partial charge on any atom is -0.493 e. The highest BCUT2D eigenvalue weighted by atomic mass is 19.4. The smallest absolute Gasteiger partial charge is 0.433 e. The van der Waals surface area contributed by atoms with Crippen LogP contribution in [0.4, 0.5) is 19.1 Å². The second-order valence-corrected chi connectivity index (χ2v) is 4.65. The molecule has 0 bridgehead atoms. The van der Waals surface area contributed by atoms with Crippen LogP contribution >= 0.6 is 0 Å². The zero-order chi connectivity index (χ0) is 17.7. The van der Waals surface area contributed by atoms with Crippen LogP contribution in [0.1, 0.15) is 11.3 Å². The number of benzene rings is 1. The summed E-state index contributed by atoms with van der Waals surface area (Å²) in [7, 11) is 4.43.